The van der Waals surface area contributed by atoms with Crippen LogP contribution in [0.3, 0.4) is 0 Å². The molecule has 82 valence electrons. The van der Waals surface area contributed by atoms with E-state index in [-0.39, 0.29) is 17.2 Å². The van der Waals surface area contributed by atoms with Gasteiger partial charge in [0.05, 0.1) is 6.20 Å². The van der Waals surface area contributed by atoms with E-state index in [9.17, 15) is 4.79 Å². The van der Waals surface area contributed by atoms with E-state index in [0.29, 0.717) is 12.4 Å². The molecule has 0 aromatic carbocycles. The number of aromatic nitrogens is 2. The molecular formula is C10H16N4O. The number of hydrogen-bond acceptors (Lipinski definition) is 3. The highest BCUT2D eigenvalue weighted by Crippen LogP contribution is 2.51. The molecule has 1 aliphatic rings. The predicted molar refractivity (Wildman–Crippen MR) is 56.7 cm³/mol. The van der Waals surface area contributed by atoms with E-state index in [4.69, 9.17) is 5.73 Å². The summed E-state index contributed by atoms with van der Waals surface area (Å²) in [6.45, 7) is 4.65. The van der Waals surface area contributed by atoms with Crippen molar-refractivity contribution in [3.63, 3.8) is 0 Å². The summed E-state index contributed by atoms with van der Waals surface area (Å²) in [5, 5.41) is 9.28. The molecule has 5 nitrogen and oxygen atoms in total. The third-order valence-electron chi connectivity index (χ3n) is 3.03. The maximum Gasteiger partial charge on any atom is 0.223 e. The second kappa shape index (κ2) is 3.25. The van der Waals surface area contributed by atoms with Gasteiger partial charge in [-0.15, -0.1) is 0 Å². The largest absolute Gasteiger partial charge is 0.384 e. The molecule has 1 saturated carbocycles. The van der Waals surface area contributed by atoms with Gasteiger partial charge in [-0.1, -0.05) is 13.8 Å². The Morgan fingerprint density at radius 2 is 2.47 bits per heavy atom. The number of amides is 1. The molecule has 4 N–H and O–H groups in total. The molecule has 0 aliphatic heterocycles. The van der Waals surface area contributed by atoms with Gasteiger partial charge < -0.3 is 11.1 Å². The molecule has 0 radical (unpaired) electrons. The van der Waals surface area contributed by atoms with Crippen molar-refractivity contribution in [2.75, 3.05) is 5.73 Å². The van der Waals surface area contributed by atoms with Gasteiger partial charge >= 0.3 is 0 Å². The topological polar surface area (TPSA) is 83.8 Å². The zero-order valence-electron chi connectivity index (χ0n) is 9.00. The average Bonchev–Trinajstić information content (AvgIpc) is 2.61. The van der Waals surface area contributed by atoms with Crippen LogP contribution in [0.25, 0.3) is 0 Å². The van der Waals surface area contributed by atoms with Gasteiger partial charge in [-0.3, -0.25) is 9.89 Å². The van der Waals surface area contributed by atoms with Gasteiger partial charge in [0.15, 0.2) is 0 Å². The minimum atomic E-state index is 0.112. The first kappa shape index (κ1) is 10.0. The summed E-state index contributed by atoms with van der Waals surface area (Å²) in [7, 11) is 0. The van der Waals surface area contributed by atoms with E-state index in [1.165, 1.54) is 0 Å². The molecule has 1 aromatic rings. The van der Waals surface area contributed by atoms with Crippen LogP contribution in [0.1, 0.15) is 25.8 Å². The minimum Gasteiger partial charge on any atom is -0.384 e. The first-order valence-electron chi connectivity index (χ1n) is 5.06. The van der Waals surface area contributed by atoms with Gasteiger partial charge in [-0.05, 0) is 11.8 Å². The SMILES string of the molecule is CC1(C)CC1C(=O)NCc1cn[nH]c1N. The van der Waals surface area contributed by atoms with Crippen LogP contribution in [0, 0.1) is 11.3 Å². The molecule has 1 atom stereocenters. The summed E-state index contributed by atoms with van der Waals surface area (Å²) in [6, 6.07) is 0. The van der Waals surface area contributed by atoms with Crippen molar-refractivity contribution in [1.29, 1.82) is 0 Å². The van der Waals surface area contributed by atoms with Crippen molar-refractivity contribution in [2.45, 2.75) is 26.8 Å². The number of H-pyrrole nitrogens is 1. The molecule has 1 fully saturated rings. The number of nitrogen functional groups attached to an aromatic ring is 1. The lowest BCUT2D eigenvalue weighted by atomic mass is 10.1. The van der Waals surface area contributed by atoms with Gasteiger partial charge in [-0.2, -0.15) is 5.10 Å². The standard InChI is InChI=1S/C10H16N4O/c1-10(2)3-7(10)9(15)12-4-6-5-13-14-8(6)11/h5,7H,3-4H2,1-2H3,(H,12,15)(H3,11,13,14). The summed E-state index contributed by atoms with van der Waals surface area (Å²) in [5.74, 6) is 0.789. The van der Waals surface area contributed by atoms with Crippen molar-refractivity contribution in [2.24, 2.45) is 11.3 Å². The van der Waals surface area contributed by atoms with Crippen LogP contribution in [0.5, 0.6) is 0 Å². The lowest BCUT2D eigenvalue weighted by molar-refractivity contribution is -0.123. The summed E-state index contributed by atoms with van der Waals surface area (Å²) in [5.41, 5.74) is 6.61. The maximum atomic E-state index is 11.6. The first-order valence-corrected chi connectivity index (χ1v) is 5.06. The number of aromatic amines is 1. The number of nitrogens with zero attached hydrogens (tertiary/aromatic N) is 1. The number of nitrogens with one attached hydrogen (secondary N) is 2. The summed E-state index contributed by atoms with van der Waals surface area (Å²) in [4.78, 5) is 11.6. The van der Waals surface area contributed by atoms with E-state index in [1.807, 2.05) is 0 Å². The smallest absolute Gasteiger partial charge is 0.223 e. The van der Waals surface area contributed by atoms with Crippen molar-refractivity contribution < 1.29 is 4.79 Å². The molecule has 1 amide bonds. The molecule has 1 aromatic heterocycles. The van der Waals surface area contributed by atoms with Gasteiger partial charge in [0.2, 0.25) is 5.91 Å². The Balaban J connectivity index is 1.85. The fraction of sp³-hybridized carbons (Fsp3) is 0.600. The Labute approximate surface area is 88.4 Å². The highest BCUT2D eigenvalue weighted by molar-refractivity contribution is 5.82. The van der Waals surface area contributed by atoms with Crippen molar-refractivity contribution in [3.8, 4) is 0 Å². The summed E-state index contributed by atoms with van der Waals surface area (Å²) < 4.78 is 0. The molecule has 1 heterocycles. The van der Waals surface area contributed by atoms with Gasteiger partial charge in [0.1, 0.15) is 5.82 Å². The fourth-order valence-electron chi connectivity index (χ4n) is 1.68. The third kappa shape index (κ3) is 1.95. The number of carbonyl (C=O) groups is 1. The van der Waals surface area contributed by atoms with Crippen LogP contribution in [-0.2, 0) is 11.3 Å². The molecule has 2 rings (SSSR count). The Morgan fingerprint density at radius 1 is 1.80 bits per heavy atom. The van der Waals surface area contributed by atoms with Crippen LogP contribution in [0.2, 0.25) is 0 Å². The zero-order valence-corrected chi connectivity index (χ0v) is 9.00. The number of hydrogen-bond donors (Lipinski definition) is 3. The van der Waals surface area contributed by atoms with E-state index < -0.39 is 0 Å². The van der Waals surface area contributed by atoms with Crippen LogP contribution >= 0.6 is 0 Å². The minimum absolute atomic E-state index is 0.112. The fourth-order valence-corrected chi connectivity index (χ4v) is 1.68. The predicted octanol–water partition coefficient (Wildman–Crippen LogP) is 0.654. The third-order valence-corrected chi connectivity index (χ3v) is 3.03. The van der Waals surface area contributed by atoms with Crippen LogP contribution in [0.4, 0.5) is 5.82 Å². The molecule has 15 heavy (non-hydrogen) atoms. The monoisotopic (exact) mass is 208 g/mol. The average molecular weight is 208 g/mol. The maximum absolute atomic E-state index is 11.6. The Hall–Kier alpha value is -1.52. The summed E-state index contributed by atoms with van der Waals surface area (Å²) >= 11 is 0. The number of rotatable bonds is 3. The Morgan fingerprint density at radius 3 is 2.93 bits per heavy atom. The van der Waals surface area contributed by atoms with E-state index in [1.54, 1.807) is 6.20 Å². The lowest BCUT2D eigenvalue weighted by Gasteiger charge is -2.05. The quantitative estimate of drug-likeness (QED) is 0.682. The number of anilines is 1. The second-order valence-corrected chi connectivity index (χ2v) is 4.77. The summed E-state index contributed by atoms with van der Waals surface area (Å²) in [6.07, 6.45) is 2.60. The number of nitrogens with two attached hydrogens (primary N) is 1. The van der Waals surface area contributed by atoms with Crippen molar-refractivity contribution >= 4 is 11.7 Å². The van der Waals surface area contributed by atoms with Gasteiger partial charge in [-0.25, -0.2) is 0 Å². The normalized spacial score (nSPS) is 22.4. The zero-order chi connectivity index (χ0) is 11.1. The van der Waals surface area contributed by atoms with Gasteiger partial charge in [0.25, 0.3) is 0 Å². The lowest BCUT2D eigenvalue weighted by Crippen LogP contribution is -2.26. The highest BCUT2D eigenvalue weighted by atomic mass is 16.2. The van der Waals surface area contributed by atoms with Crippen LogP contribution < -0.4 is 11.1 Å². The Kier molecular flexibility index (Phi) is 2.17. The molecule has 0 saturated heterocycles. The second-order valence-electron chi connectivity index (χ2n) is 4.77. The number of carbonyl (C=O) groups excluding carboxylic acids is 1. The van der Waals surface area contributed by atoms with E-state index >= 15 is 0 Å². The van der Waals surface area contributed by atoms with E-state index in [0.717, 1.165) is 12.0 Å². The first-order chi connectivity index (χ1) is 7.00. The molecule has 0 bridgehead atoms. The van der Waals surface area contributed by atoms with E-state index in [2.05, 4.69) is 29.4 Å². The van der Waals surface area contributed by atoms with Crippen LogP contribution in [-0.4, -0.2) is 16.1 Å². The van der Waals surface area contributed by atoms with Crippen LogP contribution in [0.15, 0.2) is 6.20 Å². The molecule has 0 spiro atoms. The molecule has 1 aliphatic carbocycles. The molecule has 5 heteroatoms. The van der Waals surface area contributed by atoms with Gasteiger partial charge in [0, 0.05) is 18.0 Å². The van der Waals surface area contributed by atoms with Crippen molar-refractivity contribution in [3.05, 3.63) is 11.8 Å². The highest BCUT2D eigenvalue weighted by Gasteiger charge is 2.50. The molecule has 1 unspecified atom stereocenters. The Bertz CT molecular complexity index is 383. The molecular weight excluding hydrogens is 192 g/mol. The van der Waals surface area contributed by atoms with Crippen molar-refractivity contribution in [1.82, 2.24) is 15.5 Å².